The van der Waals surface area contributed by atoms with Crippen LogP contribution in [0.4, 0.5) is 5.69 Å². The van der Waals surface area contributed by atoms with Crippen LogP contribution in [0, 0.1) is 0 Å². The summed E-state index contributed by atoms with van der Waals surface area (Å²) in [6.07, 6.45) is 0.892. The highest BCUT2D eigenvalue weighted by Crippen LogP contribution is 2.46. The molecule has 5 nitrogen and oxygen atoms in total. The Morgan fingerprint density at radius 2 is 2.05 bits per heavy atom. The Labute approximate surface area is 130 Å². The van der Waals surface area contributed by atoms with Crippen molar-refractivity contribution in [1.29, 1.82) is 0 Å². The average molecular weight is 302 g/mol. The van der Waals surface area contributed by atoms with Gasteiger partial charge in [-0.05, 0) is 44.0 Å². The van der Waals surface area contributed by atoms with Gasteiger partial charge in [0.2, 0.25) is 5.91 Å². The lowest BCUT2D eigenvalue weighted by Crippen LogP contribution is -2.51. The number of piperidine rings is 1. The first kappa shape index (κ1) is 14.9. The summed E-state index contributed by atoms with van der Waals surface area (Å²) in [6, 6.07) is 5.99. The summed E-state index contributed by atoms with van der Waals surface area (Å²) in [5, 5.41) is 9.24. The van der Waals surface area contributed by atoms with E-state index in [-0.39, 0.29) is 11.9 Å². The first-order chi connectivity index (χ1) is 10.4. The van der Waals surface area contributed by atoms with Gasteiger partial charge in [0.25, 0.3) is 0 Å². The third-order valence-electron chi connectivity index (χ3n) is 4.89. The fourth-order valence-electron chi connectivity index (χ4n) is 3.92. The number of benzene rings is 1. The van der Waals surface area contributed by atoms with Gasteiger partial charge in [-0.15, -0.1) is 0 Å². The smallest absolute Gasteiger partial charge is 0.335 e. The molecule has 118 valence electrons. The maximum absolute atomic E-state index is 11.7. The molecule has 0 bridgehead atoms. The molecule has 5 heteroatoms. The van der Waals surface area contributed by atoms with Crippen LogP contribution < -0.4 is 4.90 Å². The van der Waals surface area contributed by atoms with Crippen molar-refractivity contribution in [2.24, 2.45) is 0 Å². The van der Waals surface area contributed by atoms with Crippen LogP contribution in [-0.2, 0) is 4.79 Å². The first-order valence-electron chi connectivity index (χ1n) is 7.81. The molecule has 22 heavy (non-hydrogen) atoms. The number of amides is 1. The summed E-state index contributed by atoms with van der Waals surface area (Å²) in [5.41, 5.74) is 2.60. The van der Waals surface area contributed by atoms with E-state index in [2.05, 4.69) is 18.7 Å². The number of rotatable bonds is 2. The molecule has 1 amide bonds. The predicted molar refractivity (Wildman–Crippen MR) is 84.4 cm³/mol. The largest absolute Gasteiger partial charge is 0.478 e. The highest BCUT2D eigenvalue weighted by Gasteiger charge is 2.43. The quantitative estimate of drug-likeness (QED) is 0.911. The molecule has 2 atom stereocenters. The topological polar surface area (TPSA) is 60.9 Å². The zero-order valence-electron chi connectivity index (χ0n) is 13.2. The molecule has 0 spiro atoms. The highest BCUT2D eigenvalue weighted by molar-refractivity contribution is 5.89. The predicted octanol–water partition coefficient (Wildman–Crippen LogP) is 2.32. The fraction of sp³-hybridized carbons (Fsp3) is 0.529. The molecule has 1 saturated heterocycles. The number of aromatic carboxylic acids is 1. The van der Waals surface area contributed by atoms with E-state index in [1.165, 1.54) is 0 Å². The Bertz CT molecular complexity index is 626. The van der Waals surface area contributed by atoms with Crippen molar-refractivity contribution in [3.8, 4) is 0 Å². The maximum atomic E-state index is 11.7. The molecule has 1 aromatic rings. The van der Waals surface area contributed by atoms with Crippen molar-refractivity contribution >= 4 is 17.6 Å². The summed E-state index contributed by atoms with van der Waals surface area (Å²) in [4.78, 5) is 27.2. The molecule has 3 rings (SSSR count). The molecule has 2 heterocycles. The molecule has 2 unspecified atom stereocenters. The van der Waals surface area contributed by atoms with E-state index in [9.17, 15) is 14.7 Å². The summed E-state index contributed by atoms with van der Waals surface area (Å²) in [7, 11) is 0. The van der Waals surface area contributed by atoms with E-state index < -0.39 is 5.97 Å². The summed E-state index contributed by atoms with van der Waals surface area (Å²) in [6.45, 7) is 7.37. The molecule has 0 saturated carbocycles. The van der Waals surface area contributed by atoms with Crippen LogP contribution >= 0.6 is 0 Å². The van der Waals surface area contributed by atoms with Crippen molar-refractivity contribution in [3.05, 3.63) is 29.3 Å². The average Bonchev–Trinajstić information content (AvgIpc) is 2.79. The summed E-state index contributed by atoms with van der Waals surface area (Å²) < 4.78 is 0. The van der Waals surface area contributed by atoms with E-state index in [1.807, 2.05) is 17.0 Å². The molecular formula is C17H22N2O3. The van der Waals surface area contributed by atoms with Gasteiger partial charge in [0.05, 0.1) is 11.6 Å². The summed E-state index contributed by atoms with van der Waals surface area (Å²) in [5.74, 6) is -0.458. The number of hydrogen-bond acceptors (Lipinski definition) is 3. The van der Waals surface area contributed by atoms with E-state index >= 15 is 0 Å². The highest BCUT2D eigenvalue weighted by atomic mass is 16.4. The third-order valence-corrected chi connectivity index (χ3v) is 4.89. The minimum atomic E-state index is -0.886. The van der Waals surface area contributed by atoms with Gasteiger partial charge in [0.15, 0.2) is 0 Å². The van der Waals surface area contributed by atoms with Gasteiger partial charge in [0, 0.05) is 37.7 Å². The van der Waals surface area contributed by atoms with Crippen LogP contribution in [0.15, 0.2) is 18.2 Å². The zero-order valence-corrected chi connectivity index (χ0v) is 13.2. The van der Waals surface area contributed by atoms with Crippen molar-refractivity contribution in [2.45, 2.75) is 45.2 Å². The van der Waals surface area contributed by atoms with Crippen LogP contribution in [0.1, 0.15) is 49.0 Å². The fourth-order valence-corrected chi connectivity index (χ4v) is 3.92. The van der Waals surface area contributed by atoms with Crippen LogP contribution in [0.25, 0.3) is 0 Å². The van der Waals surface area contributed by atoms with Crippen LogP contribution in [0.3, 0.4) is 0 Å². The van der Waals surface area contributed by atoms with Crippen molar-refractivity contribution in [1.82, 2.24) is 4.90 Å². The number of anilines is 1. The molecule has 1 fully saturated rings. The van der Waals surface area contributed by atoms with Gasteiger partial charge in [-0.25, -0.2) is 4.79 Å². The Balaban J connectivity index is 2.01. The number of carboxylic acids is 1. The molecule has 0 aromatic heterocycles. The van der Waals surface area contributed by atoms with Gasteiger partial charge >= 0.3 is 5.97 Å². The Morgan fingerprint density at radius 3 is 2.64 bits per heavy atom. The molecule has 1 aromatic carbocycles. The number of nitrogens with zero attached hydrogens (tertiary/aromatic N) is 2. The number of fused-ring (bicyclic) bond motifs is 3. The molecule has 0 radical (unpaired) electrons. The Hall–Kier alpha value is -2.04. The molecule has 2 aliphatic heterocycles. The lowest BCUT2D eigenvalue weighted by atomic mass is 9.87. The van der Waals surface area contributed by atoms with Gasteiger partial charge in [-0.2, -0.15) is 0 Å². The second-order valence-electron chi connectivity index (χ2n) is 6.51. The first-order valence-corrected chi connectivity index (χ1v) is 7.81. The van der Waals surface area contributed by atoms with Gasteiger partial charge in [0.1, 0.15) is 0 Å². The number of hydrogen-bond donors (Lipinski definition) is 1. The SMILES string of the molecule is CC(=O)N1CCC2c3cc(C(=O)O)ccc3N(C(C)C)C2C1. The number of carbonyl (C=O) groups excluding carboxylic acids is 1. The number of likely N-dealkylation sites (tertiary alicyclic amines) is 1. The van der Waals surface area contributed by atoms with E-state index in [0.717, 1.165) is 30.8 Å². The number of carboxylic acid groups (broad SMARTS) is 1. The maximum Gasteiger partial charge on any atom is 0.335 e. The Morgan fingerprint density at radius 1 is 1.32 bits per heavy atom. The zero-order chi connectivity index (χ0) is 16.0. The molecular weight excluding hydrogens is 280 g/mol. The van der Waals surface area contributed by atoms with Gasteiger partial charge in [-0.1, -0.05) is 0 Å². The normalized spacial score (nSPS) is 23.5. The lowest BCUT2D eigenvalue weighted by molar-refractivity contribution is -0.130. The minimum absolute atomic E-state index is 0.115. The second kappa shape index (κ2) is 5.30. The van der Waals surface area contributed by atoms with Crippen molar-refractivity contribution in [3.63, 3.8) is 0 Å². The standard InChI is InChI=1S/C17H22N2O3/c1-10(2)19-15-5-4-12(17(21)22)8-14(15)13-6-7-18(11(3)20)9-16(13)19/h4-5,8,10,13,16H,6-7,9H2,1-3H3,(H,21,22). The number of carbonyl (C=O) groups is 2. The second-order valence-corrected chi connectivity index (χ2v) is 6.51. The van der Waals surface area contributed by atoms with Crippen LogP contribution in [-0.4, -0.2) is 47.1 Å². The molecule has 1 N–H and O–H groups in total. The minimum Gasteiger partial charge on any atom is -0.478 e. The Kier molecular flexibility index (Phi) is 3.59. The van der Waals surface area contributed by atoms with Gasteiger partial charge < -0.3 is 14.9 Å². The van der Waals surface area contributed by atoms with Crippen molar-refractivity contribution in [2.75, 3.05) is 18.0 Å². The van der Waals surface area contributed by atoms with Crippen molar-refractivity contribution < 1.29 is 14.7 Å². The molecule has 2 aliphatic rings. The monoisotopic (exact) mass is 302 g/mol. The molecule has 0 aliphatic carbocycles. The third kappa shape index (κ3) is 2.25. The van der Waals surface area contributed by atoms with Crippen LogP contribution in [0.2, 0.25) is 0 Å². The summed E-state index contributed by atoms with van der Waals surface area (Å²) >= 11 is 0. The van der Waals surface area contributed by atoms with E-state index in [4.69, 9.17) is 0 Å². The van der Waals surface area contributed by atoms with Gasteiger partial charge in [-0.3, -0.25) is 4.79 Å². The van der Waals surface area contributed by atoms with E-state index in [1.54, 1.807) is 13.0 Å². The van der Waals surface area contributed by atoms with Crippen LogP contribution in [0.5, 0.6) is 0 Å². The lowest BCUT2D eigenvalue weighted by Gasteiger charge is -2.41. The van der Waals surface area contributed by atoms with E-state index in [0.29, 0.717) is 17.5 Å².